The third-order valence-electron chi connectivity index (χ3n) is 3.38. The van der Waals surface area contributed by atoms with Crippen LogP contribution in [0.15, 0.2) is 40.9 Å². The summed E-state index contributed by atoms with van der Waals surface area (Å²) >= 11 is 9.08. The van der Waals surface area contributed by atoms with Gasteiger partial charge in [0.25, 0.3) is 0 Å². The lowest BCUT2D eigenvalue weighted by atomic mass is 10.2. The monoisotopic (exact) mass is 366 g/mol. The van der Waals surface area contributed by atoms with Crippen molar-refractivity contribution in [1.29, 1.82) is 0 Å². The standard InChI is InChI=1S/C16H13BrClFN2/c1-10-2-4-11(5-3-10)21-15-9-13(19)12(17)8-14(15)20-16(21)6-7-18/h2-5,8-9H,6-7H2,1H3. The van der Waals surface area contributed by atoms with Gasteiger partial charge in [0.1, 0.15) is 11.6 Å². The average molecular weight is 368 g/mol. The predicted octanol–water partition coefficient (Wildman–Crippen LogP) is 5.02. The van der Waals surface area contributed by atoms with E-state index in [1.165, 1.54) is 11.6 Å². The van der Waals surface area contributed by atoms with Crippen molar-refractivity contribution in [2.45, 2.75) is 13.3 Å². The summed E-state index contributed by atoms with van der Waals surface area (Å²) in [6.07, 6.45) is 0.628. The third kappa shape index (κ3) is 2.70. The molecule has 0 aliphatic heterocycles. The minimum absolute atomic E-state index is 0.298. The van der Waals surface area contributed by atoms with Crippen LogP contribution in [-0.2, 0) is 6.42 Å². The number of aromatic nitrogens is 2. The molecule has 0 aliphatic carbocycles. The van der Waals surface area contributed by atoms with Gasteiger partial charge in [-0.25, -0.2) is 9.37 Å². The molecule has 2 aromatic carbocycles. The minimum Gasteiger partial charge on any atom is -0.296 e. The summed E-state index contributed by atoms with van der Waals surface area (Å²) in [5.74, 6) is 1.01. The van der Waals surface area contributed by atoms with Gasteiger partial charge in [0.2, 0.25) is 0 Å². The van der Waals surface area contributed by atoms with Gasteiger partial charge < -0.3 is 0 Å². The first kappa shape index (κ1) is 14.5. The fourth-order valence-corrected chi connectivity index (χ4v) is 2.86. The largest absolute Gasteiger partial charge is 0.296 e. The van der Waals surface area contributed by atoms with E-state index < -0.39 is 0 Å². The van der Waals surface area contributed by atoms with Gasteiger partial charge in [0, 0.05) is 24.1 Å². The Labute approximate surface area is 135 Å². The summed E-state index contributed by atoms with van der Waals surface area (Å²) in [5.41, 5.74) is 3.64. The Balaban J connectivity index is 2.29. The minimum atomic E-state index is -0.298. The van der Waals surface area contributed by atoms with Crippen LogP contribution in [-0.4, -0.2) is 15.4 Å². The van der Waals surface area contributed by atoms with Gasteiger partial charge in [-0.2, -0.15) is 0 Å². The van der Waals surface area contributed by atoms with Crippen LogP contribution >= 0.6 is 27.5 Å². The Morgan fingerprint density at radius 1 is 1.24 bits per heavy atom. The van der Waals surface area contributed by atoms with Gasteiger partial charge >= 0.3 is 0 Å². The predicted molar refractivity (Wildman–Crippen MR) is 87.9 cm³/mol. The molecular formula is C16H13BrClFN2. The zero-order chi connectivity index (χ0) is 15.0. The molecule has 108 valence electrons. The van der Waals surface area contributed by atoms with E-state index in [-0.39, 0.29) is 5.82 Å². The molecule has 0 amide bonds. The second kappa shape index (κ2) is 5.78. The summed E-state index contributed by atoms with van der Waals surface area (Å²) in [5, 5.41) is 0. The Morgan fingerprint density at radius 3 is 2.62 bits per heavy atom. The first-order valence-electron chi connectivity index (χ1n) is 6.59. The molecule has 0 radical (unpaired) electrons. The number of hydrogen-bond donors (Lipinski definition) is 0. The maximum absolute atomic E-state index is 13.9. The van der Waals surface area contributed by atoms with E-state index >= 15 is 0 Å². The third-order valence-corrected chi connectivity index (χ3v) is 4.17. The highest BCUT2D eigenvalue weighted by atomic mass is 79.9. The molecule has 0 fully saturated rings. The SMILES string of the molecule is Cc1ccc(-n2c(CCCl)nc3cc(Br)c(F)cc32)cc1. The second-order valence-corrected chi connectivity index (χ2v) is 6.13. The lowest BCUT2D eigenvalue weighted by Crippen LogP contribution is -2.02. The molecule has 3 rings (SSSR count). The molecule has 0 saturated heterocycles. The van der Waals surface area contributed by atoms with Crippen molar-refractivity contribution in [3.8, 4) is 5.69 Å². The van der Waals surface area contributed by atoms with Gasteiger partial charge in [0.15, 0.2) is 0 Å². The summed E-state index contributed by atoms with van der Waals surface area (Å²) < 4.78 is 16.3. The van der Waals surface area contributed by atoms with Gasteiger partial charge in [-0.05, 0) is 41.1 Å². The normalized spacial score (nSPS) is 11.2. The number of imidazole rings is 1. The average Bonchev–Trinajstić information content (AvgIpc) is 2.78. The van der Waals surface area contributed by atoms with Gasteiger partial charge in [-0.3, -0.25) is 4.57 Å². The number of aryl methyl sites for hydroxylation is 2. The summed E-state index contributed by atoms with van der Waals surface area (Å²) in [6.45, 7) is 2.03. The Morgan fingerprint density at radius 2 is 1.95 bits per heavy atom. The first-order valence-corrected chi connectivity index (χ1v) is 7.92. The summed E-state index contributed by atoms with van der Waals surface area (Å²) in [6, 6.07) is 11.3. The van der Waals surface area contributed by atoms with Crippen LogP contribution in [0.2, 0.25) is 0 Å². The highest BCUT2D eigenvalue weighted by Gasteiger charge is 2.14. The Bertz CT molecular complexity index is 796. The molecule has 3 aromatic rings. The number of alkyl halides is 1. The fourth-order valence-electron chi connectivity index (χ4n) is 2.36. The van der Waals surface area contributed by atoms with Crippen molar-refractivity contribution in [1.82, 2.24) is 9.55 Å². The molecule has 0 unspecified atom stereocenters. The number of benzene rings is 2. The zero-order valence-corrected chi connectivity index (χ0v) is 13.7. The molecule has 0 aliphatic rings. The molecule has 0 bridgehead atoms. The molecule has 21 heavy (non-hydrogen) atoms. The lowest BCUT2D eigenvalue weighted by Gasteiger charge is -2.09. The van der Waals surface area contributed by atoms with E-state index in [0.717, 1.165) is 22.5 Å². The van der Waals surface area contributed by atoms with Crippen LogP contribution in [0.3, 0.4) is 0 Å². The van der Waals surface area contributed by atoms with Crippen LogP contribution in [0.1, 0.15) is 11.4 Å². The van der Waals surface area contributed by atoms with Crippen molar-refractivity contribution >= 4 is 38.6 Å². The molecule has 2 nitrogen and oxygen atoms in total. The van der Waals surface area contributed by atoms with E-state index in [1.54, 1.807) is 6.07 Å². The van der Waals surface area contributed by atoms with Crippen LogP contribution in [0, 0.1) is 12.7 Å². The van der Waals surface area contributed by atoms with Crippen LogP contribution in [0.5, 0.6) is 0 Å². The maximum Gasteiger partial charge on any atom is 0.139 e. The van der Waals surface area contributed by atoms with E-state index in [2.05, 4.69) is 20.9 Å². The van der Waals surface area contributed by atoms with E-state index in [9.17, 15) is 4.39 Å². The van der Waals surface area contributed by atoms with E-state index in [4.69, 9.17) is 11.6 Å². The lowest BCUT2D eigenvalue weighted by molar-refractivity contribution is 0.622. The van der Waals surface area contributed by atoms with E-state index in [0.29, 0.717) is 16.8 Å². The summed E-state index contributed by atoms with van der Waals surface area (Å²) in [4.78, 5) is 4.59. The number of nitrogens with zero attached hydrogens (tertiary/aromatic N) is 2. The van der Waals surface area contributed by atoms with Gasteiger partial charge in [-0.1, -0.05) is 17.7 Å². The molecular weight excluding hydrogens is 355 g/mol. The number of halogens is 3. The molecule has 5 heteroatoms. The van der Waals surface area contributed by atoms with Crippen molar-refractivity contribution in [2.24, 2.45) is 0 Å². The Hall–Kier alpha value is -1.39. The van der Waals surface area contributed by atoms with Crippen molar-refractivity contribution in [3.05, 3.63) is 58.1 Å². The summed E-state index contributed by atoms with van der Waals surface area (Å²) in [7, 11) is 0. The molecule has 0 saturated carbocycles. The quantitative estimate of drug-likeness (QED) is 0.595. The van der Waals surface area contributed by atoms with Crippen LogP contribution in [0.25, 0.3) is 16.7 Å². The molecule has 1 heterocycles. The Kier molecular flexibility index (Phi) is 4.00. The van der Waals surface area contributed by atoms with E-state index in [1.807, 2.05) is 35.8 Å². The van der Waals surface area contributed by atoms with Gasteiger partial charge in [0.05, 0.1) is 15.5 Å². The second-order valence-electron chi connectivity index (χ2n) is 4.89. The molecule has 0 spiro atoms. The van der Waals surface area contributed by atoms with Crippen LogP contribution in [0.4, 0.5) is 4.39 Å². The fraction of sp³-hybridized carbons (Fsp3) is 0.188. The topological polar surface area (TPSA) is 17.8 Å². The molecule has 0 atom stereocenters. The van der Waals surface area contributed by atoms with Gasteiger partial charge in [-0.15, -0.1) is 11.6 Å². The van der Waals surface area contributed by atoms with Crippen molar-refractivity contribution in [2.75, 3.05) is 5.88 Å². The molecule has 1 aromatic heterocycles. The number of fused-ring (bicyclic) bond motifs is 1. The van der Waals surface area contributed by atoms with Crippen molar-refractivity contribution in [3.63, 3.8) is 0 Å². The smallest absolute Gasteiger partial charge is 0.139 e. The highest BCUT2D eigenvalue weighted by molar-refractivity contribution is 9.10. The number of rotatable bonds is 3. The number of hydrogen-bond acceptors (Lipinski definition) is 1. The van der Waals surface area contributed by atoms with Crippen LogP contribution < -0.4 is 0 Å². The highest BCUT2D eigenvalue weighted by Crippen LogP contribution is 2.27. The van der Waals surface area contributed by atoms with Crippen molar-refractivity contribution < 1.29 is 4.39 Å². The maximum atomic E-state index is 13.9. The molecule has 0 N–H and O–H groups in total. The first-order chi connectivity index (χ1) is 10.1. The zero-order valence-electron chi connectivity index (χ0n) is 11.4.